The number of nitrogens with two attached hydrogens (primary N) is 1. The van der Waals surface area contributed by atoms with Gasteiger partial charge in [-0.2, -0.15) is 0 Å². The maximum atomic E-state index is 5.45. The summed E-state index contributed by atoms with van der Waals surface area (Å²) in [5.41, 5.74) is 5.45. The number of hydrogen-bond acceptors (Lipinski definition) is 3. The fourth-order valence-electron chi connectivity index (χ4n) is 0.982. The number of imidazole rings is 1. The first kappa shape index (κ1) is 9.08. The molecule has 0 bridgehead atoms. The minimum atomic E-state index is 0.393. The Labute approximate surface area is 89.2 Å². The Kier molecular flexibility index (Phi) is 2.41. The summed E-state index contributed by atoms with van der Waals surface area (Å²) in [7, 11) is 0. The van der Waals surface area contributed by atoms with Crippen molar-refractivity contribution in [3.05, 3.63) is 34.9 Å². The SMILES string of the molecule is Nc1cnc(Oc2ccc(Br)cc2)[nH]1. The van der Waals surface area contributed by atoms with Gasteiger partial charge in [0.2, 0.25) is 0 Å². The lowest BCUT2D eigenvalue weighted by Crippen LogP contribution is -1.86. The predicted octanol–water partition coefficient (Wildman–Crippen LogP) is 2.55. The van der Waals surface area contributed by atoms with Crippen LogP contribution in [-0.4, -0.2) is 9.97 Å². The number of rotatable bonds is 2. The lowest BCUT2D eigenvalue weighted by Gasteiger charge is -2.00. The zero-order chi connectivity index (χ0) is 9.97. The minimum Gasteiger partial charge on any atom is -0.426 e. The van der Waals surface area contributed by atoms with Crippen LogP contribution in [0.4, 0.5) is 5.82 Å². The number of nitrogen functional groups attached to an aromatic ring is 1. The van der Waals surface area contributed by atoms with Gasteiger partial charge in [0.15, 0.2) is 0 Å². The summed E-state index contributed by atoms with van der Waals surface area (Å²) in [4.78, 5) is 6.69. The van der Waals surface area contributed by atoms with Crippen molar-refractivity contribution in [3.63, 3.8) is 0 Å². The van der Waals surface area contributed by atoms with Crippen molar-refractivity contribution in [1.82, 2.24) is 9.97 Å². The maximum Gasteiger partial charge on any atom is 0.300 e. The van der Waals surface area contributed by atoms with Crippen molar-refractivity contribution in [1.29, 1.82) is 0 Å². The molecule has 1 aromatic heterocycles. The quantitative estimate of drug-likeness (QED) is 0.865. The average Bonchev–Trinajstić information content (AvgIpc) is 2.56. The van der Waals surface area contributed by atoms with Gasteiger partial charge in [-0.3, -0.25) is 4.98 Å². The van der Waals surface area contributed by atoms with Crippen molar-refractivity contribution in [3.8, 4) is 11.8 Å². The highest BCUT2D eigenvalue weighted by atomic mass is 79.9. The predicted molar refractivity (Wildman–Crippen MR) is 57.2 cm³/mol. The third-order valence-corrected chi connectivity index (χ3v) is 2.13. The summed E-state index contributed by atoms with van der Waals surface area (Å²) in [5.74, 6) is 1.19. The van der Waals surface area contributed by atoms with E-state index in [4.69, 9.17) is 10.5 Å². The number of nitrogens with zero attached hydrogens (tertiary/aromatic N) is 1. The number of anilines is 1. The smallest absolute Gasteiger partial charge is 0.300 e. The van der Waals surface area contributed by atoms with Crippen LogP contribution in [0, 0.1) is 0 Å². The van der Waals surface area contributed by atoms with Gasteiger partial charge in [-0.1, -0.05) is 15.9 Å². The molecule has 0 fully saturated rings. The molecule has 0 spiro atoms. The molecule has 0 aliphatic carbocycles. The zero-order valence-corrected chi connectivity index (χ0v) is 8.78. The van der Waals surface area contributed by atoms with Gasteiger partial charge < -0.3 is 10.5 Å². The molecule has 0 radical (unpaired) electrons. The molecule has 1 aromatic carbocycles. The molecule has 0 aliphatic heterocycles. The zero-order valence-electron chi connectivity index (χ0n) is 7.20. The van der Waals surface area contributed by atoms with Crippen molar-refractivity contribution in [2.24, 2.45) is 0 Å². The standard InChI is InChI=1S/C9H8BrN3O/c10-6-1-3-7(4-2-6)14-9-12-5-8(11)13-9/h1-5H,11H2,(H,12,13). The molecule has 0 saturated carbocycles. The number of hydrogen-bond donors (Lipinski definition) is 2. The summed E-state index contributed by atoms with van der Waals surface area (Å²) in [6, 6.07) is 7.85. The average molecular weight is 254 g/mol. The first-order valence-corrected chi connectivity index (χ1v) is 4.77. The van der Waals surface area contributed by atoms with Crippen LogP contribution in [0.3, 0.4) is 0 Å². The molecule has 72 valence electrons. The molecule has 0 atom stereocenters. The Balaban J connectivity index is 2.15. The van der Waals surface area contributed by atoms with Crippen LogP contribution in [0.15, 0.2) is 34.9 Å². The molecule has 5 heteroatoms. The molecule has 0 amide bonds. The number of H-pyrrole nitrogens is 1. The number of benzene rings is 1. The third-order valence-electron chi connectivity index (χ3n) is 1.60. The van der Waals surface area contributed by atoms with E-state index in [1.807, 2.05) is 24.3 Å². The van der Waals surface area contributed by atoms with Gasteiger partial charge in [0, 0.05) is 4.47 Å². The van der Waals surface area contributed by atoms with Gasteiger partial charge in [-0.15, -0.1) is 0 Å². The summed E-state index contributed by atoms with van der Waals surface area (Å²) in [6.45, 7) is 0. The molecule has 14 heavy (non-hydrogen) atoms. The minimum absolute atomic E-state index is 0.393. The molecular weight excluding hydrogens is 246 g/mol. The van der Waals surface area contributed by atoms with E-state index in [1.54, 1.807) is 0 Å². The number of nitrogens with one attached hydrogen (secondary N) is 1. The van der Waals surface area contributed by atoms with E-state index in [2.05, 4.69) is 25.9 Å². The van der Waals surface area contributed by atoms with Crippen LogP contribution in [0.1, 0.15) is 0 Å². The normalized spacial score (nSPS) is 10.1. The third kappa shape index (κ3) is 2.05. The Hall–Kier alpha value is -1.49. The van der Waals surface area contributed by atoms with E-state index in [1.165, 1.54) is 6.20 Å². The number of halogens is 1. The Morgan fingerprint density at radius 3 is 2.57 bits per heavy atom. The highest BCUT2D eigenvalue weighted by Crippen LogP contribution is 2.20. The molecule has 4 nitrogen and oxygen atoms in total. The van der Waals surface area contributed by atoms with Crippen molar-refractivity contribution < 1.29 is 4.74 Å². The summed E-state index contributed by atoms with van der Waals surface area (Å²) in [6.07, 6.45) is 1.51. The molecule has 2 rings (SSSR count). The summed E-state index contributed by atoms with van der Waals surface area (Å²) < 4.78 is 6.39. The highest BCUT2D eigenvalue weighted by molar-refractivity contribution is 9.10. The molecule has 0 unspecified atom stereocenters. The second-order valence-electron chi connectivity index (χ2n) is 2.70. The van der Waals surface area contributed by atoms with Crippen LogP contribution >= 0.6 is 15.9 Å². The lowest BCUT2D eigenvalue weighted by molar-refractivity contribution is 0.448. The topological polar surface area (TPSA) is 63.9 Å². The highest BCUT2D eigenvalue weighted by Gasteiger charge is 2.00. The van der Waals surface area contributed by atoms with E-state index >= 15 is 0 Å². The largest absolute Gasteiger partial charge is 0.426 e. The van der Waals surface area contributed by atoms with Gasteiger partial charge in [-0.25, -0.2) is 4.98 Å². The fourth-order valence-corrected chi connectivity index (χ4v) is 1.25. The van der Waals surface area contributed by atoms with E-state index < -0.39 is 0 Å². The lowest BCUT2D eigenvalue weighted by atomic mass is 10.3. The Bertz CT molecular complexity index is 424. The number of ether oxygens (including phenoxy) is 1. The second-order valence-corrected chi connectivity index (χ2v) is 3.62. The molecule has 3 N–H and O–H groups in total. The van der Waals surface area contributed by atoms with E-state index in [0.717, 1.165) is 4.47 Å². The van der Waals surface area contributed by atoms with Crippen molar-refractivity contribution in [2.75, 3.05) is 5.73 Å². The molecule has 1 heterocycles. The molecule has 0 saturated heterocycles. The van der Waals surface area contributed by atoms with Crippen LogP contribution in [0.2, 0.25) is 0 Å². The van der Waals surface area contributed by atoms with Gasteiger partial charge in [0.1, 0.15) is 11.6 Å². The van der Waals surface area contributed by atoms with Gasteiger partial charge in [-0.05, 0) is 24.3 Å². The van der Waals surface area contributed by atoms with E-state index in [9.17, 15) is 0 Å². The summed E-state index contributed by atoms with van der Waals surface area (Å²) in [5, 5.41) is 0. The van der Waals surface area contributed by atoms with Gasteiger partial charge in [0.05, 0.1) is 6.20 Å². The van der Waals surface area contributed by atoms with Gasteiger partial charge >= 0.3 is 6.01 Å². The van der Waals surface area contributed by atoms with E-state index in [0.29, 0.717) is 17.6 Å². The van der Waals surface area contributed by atoms with Gasteiger partial charge in [0.25, 0.3) is 0 Å². The monoisotopic (exact) mass is 253 g/mol. The maximum absolute atomic E-state index is 5.45. The first-order valence-electron chi connectivity index (χ1n) is 3.98. The van der Waals surface area contributed by atoms with Crippen LogP contribution in [0.5, 0.6) is 11.8 Å². The molecule has 2 aromatic rings. The number of aromatic nitrogens is 2. The van der Waals surface area contributed by atoms with Crippen LogP contribution < -0.4 is 10.5 Å². The van der Waals surface area contributed by atoms with Crippen LogP contribution in [-0.2, 0) is 0 Å². The Morgan fingerprint density at radius 2 is 2.00 bits per heavy atom. The van der Waals surface area contributed by atoms with Crippen molar-refractivity contribution in [2.45, 2.75) is 0 Å². The van der Waals surface area contributed by atoms with Crippen LogP contribution in [0.25, 0.3) is 0 Å². The van der Waals surface area contributed by atoms with E-state index in [-0.39, 0.29) is 0 Å². The molecular formula is C9H8BrN3O. The van der Waals surface area contributed by atoms with Crippen molar-refractivity contribution >= 4 is 21.7 Å². The second kappa shape index (κ2) is 3.71. The fraction of sp³-hybridized carbons (Fsp3) is 0. The first-order chi connectivity index (χ1) is 6.74. The Morgan fingerprint density at radius 1 is 1.29 bits per heavy atom. The summed E-state index contributed by atoms with van der Waals surface area (Å²) >= 11 is 3.34. The molecule has 0 aliphatic rings. The number of aromatic amines is 1.